The average molecular weight is 286 g/mol. The Labute approximate surface area is 119 Å². The fourth-order valence-corrected chi connectivity index (χ4v) is 4.31. The maximum atomic E-state index is 6.51. The lowest BCUT2D eigenvalue weighted by molar-refractivity contribution is -0.132. The molecule has 19 heavy (non-hydrogen) atoms. The van der Waals surface area contributed by atoms with Crippen LogP contribution in [0.15, 0.2) is 0 Å². The first-order valence-corrected chi connectivity index (χ1v) is 10.6. The molecule has 2 aliphatic rings. The van der Waals surface area contributed by atoms with Crippen LogP contribution in [0.4, 0.5) is 0 Å². The van der Waals surface area contributed by atoms with Crippen molar-refractivity contribution in [2.24, 2.45) is 5.92 Å². The highest BCUT2D eigenvalue weighted by molar-refractivity contribution is 6.74. The quantitative estimate of drug-likeness (QED) is 0.733. The van der Waals surface area contributed by atoms with E-state index in [0.717, 1.165) is 25.9 Å². The van der Waals surface area contributed by atoms with Gasteiger partial charge < -0.3 is 13.9 Å². The van der Waals surface area contributed by atoms with Gasteiger partial charge in [-0.25, -0.2) is 0 Å². The predicted octanol–water partition coefficient (Wildman–Crippen LogP) is 3.94. The van der Waals surface area contributed by atoms with E-state index in [0.29, 0.717) is 23.2 Å². The van der Waals surface area contributed by atoms with Crippen molar-refractivity contribution in [2.75, 3.05) is 6.61 Å². The summed E-state index contributed by atoms with van der Waals surface area (Å²) in [5.74, 6) is 0.645. The highest BCUT2D eigenvalue weighted by Crippen LogP contribution is 2.44. The zero-order valence-corrected chi connectivity index (χ0v) is 14.4. The highest BCUT2D eigenvalue weighted by atomic mass is 28.4. The molecule has 112 valence electrons. The first-order valence-electron chi connectivity index (χ1n) is 7.68. The molecule has 1 saturated carbocycles. The van der Waals surface area contributed by atoms with Crippen LogP contribution in [0.1, 0.15) is 47.0 Å². The Morgan fingerprint density at radius 3 is 2.37 bits per heavy atom. The van der Waals surface area contributed by atoms with E-state index in [1.807, 2.05) is 6.92 Å². The molecule has 0 aromatic carbocycles. The summed E-state index contributed by atoms with van der Waals surface area (Å²) >= 11 is 0. The summed E-state index contributed by atoms with van der Waals surface area (Å²) < 4.78 is 18.1. The second-order valence-electron chi connectivity index (χ2n) is 7.53. The van der Waals surface area contributed by atoms with Gasteiger partial charge in [-0.3, -0.25) is 0 Å². The third-order valence-electron chi connectivity index (χ3n) is 5.03. The topological polar surface area (TPSA) is 27.7 Å². The molecule has 2 rings (SSSR count). The van der Waals surface area contributed by atoms with Gasteiger partial charge in [0, 0.05) is 19.1 Å². The molecule has 0 aromatic heterocycles. The number of hydrogen-bond donors (Lipinski definition) is 0. The lowest BCUT2D eigenvalue weighted by Crippen LogP contribution is -2.43. The van der Waals surface area contributed by atoms with Crippen LogP contribution in [0.2, 0.25) is 18.1 Å². The summed E-state index contributed by atoms with van der Waals surface area (Å²) in [5, 5.41) is 0.291. The zero-order valence-electron chi connectivity index (χ0n) is 13.4. The Balaban J connectivity index is 1.85. The maximum Gasteiger partial charge on any atom is 0.192 e. The van der Waals surface area contributed by atoms with E-state index in [9.17, 15) is 0 Å². The minimum atomic E-state index is -1.64. The minimum Gasteiger partial charge on any atom is -0.414 e. The van der Waals surface area contributed by atoms with Gasteiger partial charge >= 0.3 is 0 Å². The lowest BCUT2D eigenvalue weighted by atomic mass is 10.0. The molecule has 0 spiro atoms. The Hall–Kier alpha value is 0.0969. The standard InChI is InChI=1S/C15H30O3Si/c1-7-16-14-9-11-8-12(10-13(11)17-14)18-19(5,6)15(2,3)4/h11-14H,7-10H2,1-6H3/t11-,12-,13-,14?/m1/s1. The monoisotopic (exact) mass is 286 g/mol. The molecule has 1 aliphatic carbocycles. The summed E-state index contributed by atoms with van der Waals surface area (Å²) in [7, 11) is -1.64. The third-order valence-corrected chi connectivity index (χ3v) is 9.56. The lowest BCUT2D eigenvalue weighted by Gasteiger charge is -2.38. The molecule has 2 fully saturated rings. The summed E-state index contributed by atoms with van der Waals surface area (Å²) in [5.41, 5.74) is 0. The van der Waals surface area contributed by atoms with Gasteiger partial charge in [-0.2, -0.15) is 0 Å². The molecule has 0 radical (unpaired) electrons. The van der Waals surface area contributed by atoms with Crippen LogP contribution in [-0.4, -0.2) is 33.4 Å². The second kappa shape index (κ2) is 5.47. The molecule has 1 heterocycles. The van der Waals surface area contributed by atoms with Gasteiger partial charge in [0.2, 0.25) is 0 Å². The molecule has 4 atom stereocenters. The van der Waals surface area contributed by atoms with E-state index in [1.165, 1.54) is 0 Å². The van der Waals surface area contributed by atoms with Crippen molar-refractivity contribution < 1.29 is 13.9 Å². The molecule has 0 aromatic rings. The molecular formula is C15H30O3Si. The van der Waals surface area contributed by atoms with E-state index in [-0.39, 0.29) is 6.29 Å². The van der Waals surface area contributed by atoms with E-state index in [4.69, 9.17) is 13.9 Å². The molecule has 4 heteroatoms. The number of ether oxygens (including phenoxy) is 2. The Morgan fingerprint density at radius 1 is 1.16 bits per heavy atom. The van der Waals surface area contributed by atoms with Gasteiger partial charge in [-0.05, 0) is 43.8 Å². The number of rotatable bonds is 4. The van der Waals surface area contributed by atoms with Crippen LogP contribution >= 0.6 is 0 Å². The van der Waals surface area contributed by atoms with Crippen LogP contribution < -0.4 is 0 Å². The summed E-state index contributed by atoms with van der Waals surface area (Å²) in [6.07, 6.45) is 4.07. The van der Waals surface area contributed by atoms with Gasteiger partial charge in [0.25, 0.3) is 0 Å². The molecule has 0 amide bonds. The maximum absolute atomic E-state index is 6.51. The normalized spacial score (nSPS) is 35.7. The van der Waals surface area contributed by atoms with Crippen molar-refractivity contribution in [3.05, 3.63) is 0 Å². The Kier molecular flexibility index (Phi) is 4.46. The second-order valence-corrected chi connectivity index (χ2v) is 12.3. The Morgan fingerprint density at radius 2 is 1.84 bits per heavy atom. The summed E-state index contributed by atoms with van der Waals surface area (Å²) in [6, 6.07) is 0. The van der Waals surface area contributed by atoms with Crippen LogP contribution in [0.25, 0.3) is 0 Å². The van der Waals surface area contributed by atoms with Crippen LogP contribution in [0.3, 0.4) is 0 Å². The summed E-state index contributed by atoms with van der Waals surface area (Å²) in [6.45, 7) is 14.4. The van der Waals surface area contributed by atoms with E-state index >= 15 is 0 Å². The molecule has 3 nitrogen and oxygen atoms in total. The SMILES string of the molecule is CCOC1C[C@H]2C[C@@H](O[Si](C)(C)C(C)(C)C)C[C@H]2O1. The molecule has 1 aliphatic heterocycles. The molecular weight excluding hydrogens is 256 g/mol. The van der Waals surface area contributed by atoms with Crippen molar-refractivity contribution >= 4 is 8.32 Å². The molecule has 1 saturated heterocycles. The van der Waals surface area contributed by atoms with Gasteiger partial charge in [-0.1, -0.05) is 20.8 Å². The number of hydrogen-bond acceptors (Lipinski definition) is 3. The van der Waals surface area contributed by atoms with Crippen LogP contribution in [-0.2, 0) is 13.9 Å². The molecule has 1 unspecified atom stereocenters. The Bertz CT molecular complexity index is 297. The van der Waals surface area contributed by atoms with Gasteiger partial charge in [-0.15, -0.1) is 0 Å². The van der Waals surface area contributed by atoms with Gasteiger partial charge in [0.05, 0.1) is 6.10 Å². The fourth-order valence-electron chi connectivity index (χ4n) is 2.93. The van der Waals surface area contributed by atoms with Crippen molar-refractivity contribution in [2.45, 2.75) is 83.6 Å². The van der Waals surface area contributed by atoms with Gasteiger partial charge in [0.15, 0.2) is 14.6 Å². The van der Waals surface area contributed by atoms with Gasteiger partial charge in [0.1, 0.15) is 0 Å². The average Bonchev–Trinajstić information content (AvgIpc) is 2.72. The van der Waals surface area contributed by atoms with Crippen LogP contribution in [0, 0.1) is 5.92 Å². The predicted molar refractivity (Wildman–Crippen MR) is 79.7 cm³/mol. The fraction of sp³-hybridized carbons (Fsp3) is 1.00. The zero-order chi connectivity index (χ0) is 14.3. The van der Waals surface area contributed by atoms with E-state index in [2.05, 4.69) is 33.9 Å². The minimum absolute atomic E-state index is 0.0359. The smallest absolute Gasteiger partial charge is 0.192 e. The first-order chi connectivity index (χ1) is 8.73. The third kappa shape index (κ3) is 3.41. The molecule has 0 bridgehead atoms. The largest absolute Gasteiger partial charge is 0.414 e. The first kappa shape index (κ1) is 15.5. The van der Waals surface area contributed by atoms with Crippen molar-refractivity contribution in [1.82, 2.24) is 0 Å². The van der Waals surface area contributed by atoms with Crippen molar-refractivity contribution in [1.29, 1.82) is 0 Å². The van der Waals surface area contributed by atoms with Crippen LogP contribution in [0.5, 0.6) is 0 Å². The molecule has 0 N–H and O–H groups in total. The van der Waals surface area contributed by atoms with Crippen molar-refractivity contribution in [3.8, 4) is 0 Å². The highest BCUT2D eigenvalue weighted by Gasteiger charge is 2.47. The van der Waals surface area contributed by atoms with Crippen molar-refractivity contribution in [3.63, 3.8) is 0 Å². The number of fused-ring (bicyclic) bond motifs is 1. The van der Waals surface area contributed by atoms with E-state index < -0.39 is 8.32 Å². The van der Waals surface area contributed by atoms with E-state index in [1.54, 1.807) is 0 Å². The summed E-state index contributed by atoms with van der Waals surface area (Å²) in [4.78, 5) is 0.